The fraction of sp³-hybridized carbons (Fsp3) is 0.0833. The molecular formula is C48H34N2S. The Bertz CT molecular complexity index is 2750. The van der Waals surface area contributed by atoms with Gasteiger partial charge in [-0.1, -0.05) is 121 Å². The Kier molecular flexibility index (Phi) is 7.32. The maximum atomic E-state index is 5.45. The van der Waals surface area contributed by atoms with Gasteiger partial charge in [-0.2, -0.15) is 0 Å². The summed E-state index contributed by atoms with van der Waals surface area (Å²) >= 11 is 1.76. The highest BCUT2D eigenvalue weighted by atomic mass is 32.1. The number of allylic oxidation sites excluding steroid dienone is 5. The second kappa shape index (κ2) is 12.5. The van der Waals surface area contributed by atoms with Crippen molar-refractivity contribution in [3.05, 3.63) is 169 Å². The summed E-state index contributed by atoms with van der Waals surface area (Å²) in [5, 5.41) is 4.95. The van der Waals surface area contributed by atoms with Crippen molar-refractivity contribution >= 4 is 54.1 Å². The minimum atomic E-state index is 0.765. The van der Waals surface area contributed by atoms with Crippen molar-refractivity contribution in [2.75, 3.05) is 0 Å². The van der Waals surface area contributed by atoms with Crippen LogP contribution in [0.25, 0.3) is 87.5 Å². The van der Waals surface area contributed by atoms with E-state index in [1.54, 1.807) is 11.3 Å². The third-order valence-electron chi connectivity index (χ3n) is 10.4. The van der Waals surface area contributed by atoms with Crippen LogP contribution in [0.4, 0.5) is 0 Å². The fourth-order valence-corrected chi connectivity index (χ4v) is 8.98. The van der Waals surface area contributed by atoms with Crippen LogP contribution in [0, 0.1) is 0 Å². The molecule has 10 rings (SSSR count). The van der Waals surface area contributed by atoms with Gasteiger partial charge in [0.1, 0.15) is 4.83 Å². The minimum absolute atomic E-state index is 0.765. The standard InChI is InChI=1S/C48H34N2S/c1-3-14-31(15-4-1)33-19-13-20-34(26-33)36-27-37(43-30-35-18-7-8-21-39(35)40-22-9-10-23-41(40)43)29-38(28-36)47-49-46(32-16-5-2-6-17-32)45-42-24-11-12-25-44(42)51-48(45)50-47/h1,3-5,7-9,11-22,24-30H,2,6,10,23H2. The lowest BCUT2D eigenvalue weighted by molar-refractivity contribution is 0.992. The van der Waals surface area contributed by atoms with E-state index >= 15 is 0 Å². The molecule has 0 amide bonds. The van der Waals surface area contributed by atoms with E-state index in [-0.39, 0.29) is 0 Å². The fourth-order valence-electron chi connectivity index (χ4n) is 7.90. The van der Waals surface area contributed by atoms with E-state index in [0.29, 0.717) is 0 Å². The minimum Gasteiger partial charge on any atom is -0.227 e. The molecule has 0 radical (unpaired) electrons. The van der Waals surface area contributed by atoms with Crippen molar-refractivity contribution in [3.63, 3.8) is 0 Å². The number of nitrogens with zero attached hydrogens (tertiary/aromatic N) is 2. The highest BCUT2D eigenvalue weighted by Gasteiger charge is 2.21. The second-order valence-electron chi connectivity index (χ2n) is 13.5. The molecule has 0 N–H and O–H groups in total. The Morgan fingerprint density at radius 1 is 0.529 bits per heavy atom. The molecule has 51 heavy (non-hydrogen) atoms. The molecule has 0 atom stereocenters. The van der Waals surface area contributed by atoms with Gasteiger partial charge in [0, 0.05) is 21.0 Å². The van der Waals surface area contributed by atoms with Crippen LogP contribution >= 0.6 is 11.3 Å². The zero-order valence-corrected chi connectivity index (χ0v) is 29.0. The Labute approximate surface area is 301 Å². The number of rotatable bonds is 5. The maximum Gasteiger partial charge on any atom is 0.161 e. The van der Waals surface area contributed by atoms with E-state index in [4.69, 9.17) is 9.97 Å². The molecule has 2 heterocycles. The largest absolute Gasteiger partial charge is 0.227 e. The van der Waals surface area contributed by atoms with Gasteiger partial charge in [0.2, 0.25) is 0 Å². The lowest BCUT2D eigenvalue weighted by atomic mass is 9.84. The highest BCUT2D eigenvalue weighted by molar-refractivity contribution is 7.25. The Morgan fingerprint density at radius 2 is 1.25 bits per heavy atom. The Hall–Kier alpha value is -5.90. The zero-order chi connectivity index (χ0) is 33.7. The highest BCUT2D eigenvalue weighted by Crippen LogP contribution is 2.42. The third kappa shape index (κ3) is 5.33. The van der Waals surface area contributed by atoms with Crippen LogP contribution < -0.4 is 0 Å². The van der Waals surface area contributed by atoms with E-state index in [0.717, 1.165) is 58.5 Å². The quantitative estimate of drug-likeness (QED) is 0.182. The number of hydrogen-bond donors (Lipinski definition) is 0. The summed E-state index contributed by atoms with van der Waals surface area (Å²) in [5.41, 5.74) is 13.2. The lowest BCUT2D eigenvalue weighted by Crippen LogP contribution is -2.01. The Morgan fingerprint density at radius 3 is 2.14 bits per heavy atom. The second-order valence-corrected chi connectivity index (χ2v) is 14.6. The van der Waals surface area contributed by atoms with Crippen LogP contribution in [0.1, 0.15) is 36.1 Å². The van der Waals surface area contributed by atoms with Crippen molar-refractivity contribution in [1.29, 1.82) is 0 Å². The monoisotopic (exact) mass is 670 g/mol. The van der Waals surface area contributed by atoms with Crippen molar-refractivity contribution in [2.45, 2.75) is 25.7 Å². The third-order valence-corrected chi connectivity index (χ3v) is 11.4. The van der Waals surface area contributed by atoms with Gasteiger partial charge < -0.3 is 0 Å². The average molecular weight is 671 g/mol. The summed E-state index contributed by atoms with van der Waals surface area (Å²) in [6.07, 6.45) is 15.6. The molecule has 0 fully saturated rings. The summed E-state index contributed by atoms with van der Waals surface area (Å²) in [6.45, 7) is 0. The summed E-state index contributed by atoms with van der Waals surface area (Å²) in [6, 6.07) is 46.4. The molecule has 0 bridgehead atoms. The van der Waals surface area contributed by atoms with Gasteiger partial charge in [-0.3, -0.25) is 0 Å². The van der Waals surface area contributed by atoms with Gasteiger partial charge in [0.25, 0.3) is 0 Å². The van der Waals surface area contributed by atoms with Gasteiger partial charge in [-0.05, 0) is 123 Å². The molecule has 8 aromatic rings. The van der Waals surface area contributed by atoms with Crippen LogP contribution in [0.15, 0.2) is 152 Å². The van der Waals surface area contributed by atoms with Crippen LogP contribution in [0.2, 0.25) is 0 Å². The molecule has 3 heteroatoms. The van der Waals surface area contributed by atoms with E-state index in [2.05, 4.69) is 158 Å². The van der Waals surface area contributed by atoms with Crippen LogP contribution in [0.5, 0.6) is 0 Å². The first kappa shape index (κ1) is 30.0. The van der Waals surface area contributed by atoms with Gasteiger partial charge >= 0.3 is 0 Å². The topological polar surface area (TPSA) is 25.8 Å². The van der Waals surface area contributed by atoms with Crippen LogP contribution in [0.3, 0.4) is 0 Å². The molecule has 2 aliphatic rings. The summed E-state index contributed by atoms with van der Waals surface area (Å²) in [5.74, 6) is 0.765. The average Bonchev–Trinajstić information content (AvgIpc) is 3.59. The van der Waals surface area contributed by atoms with Crippen molar-refractivity contribution in [2.24, 2.45) is 0 Å². The predicted molar refractivity (Wildman–Crippen MR) is 218 cm³/mol. The first-order chi connectivity index (χ1) is 25.3. The van der Waals surface area contributed by atoms with Crippen LogP contribution in [-0.2, 0) is 6.42 Å². The summed E-state index contributed by atoms with van der Waals surface area (Å²) in [7, 11) is 0. The SMILES string of the molecule is C1=CC(c2nc(-c3cc(-c4cccc(-c5ccccc5)c4)cc(-c4cc5ccccc5c5c4CCC=C5)c3)nc3sc4ccccc4c23)=CCC1. The van der Waals surface area contributed by atoms with E-state index < -0.39 is 0 Å². The smallest absolute Gasteiger partial charge is 0.161 e. The molecule has 0 spiro atoms. The molecule has 6 aromatic carbocycles. The number of fused-ring (bicyclic) bond motifs is 6. The number of aromatic nitrogens is 2. The zero-order valence-electron chi connectivity index (χ0n) is 28.1. The molecule has 0 unspecified atom stereocenters. The van der Waals surface area contributed by atoms with Crippen LogP contribution in [-0.4, -0.2) is 9.97 Å². The van der Waals surface area contributed by atoms with Gasteiger partial charge in [-0.25, -0.2) is 9.97 Å². The van der Waals surface area contributed by atoms with E-state index in [1.807, 2.05) is 0 Å². The molecule has 0 aliphatic heterocycles. The lowest BCUT2D eigenvalue weighted by Gasteiger charge is -2.20. The predicted octanol–water partition coefficient (Wildman–Crippen LogP) is 13.4. The number of benzene rings is 6. The van der Waals surface area contributed by atoms with Gasteiger partial charge in [0.15, 0.2) is 5.82 Å². The summed E-state index contributed by atoms with van der Waals surface area (Å²) < 4.78 is 1.24. The molecule has 2 nitrogen and oxygen atoms in total. The summed E-state index contributed by atoms with van der Waals surface area (Å²) in [4.78, 5) is 11.8. The molecule has 0 saturated carbocycles. The molecule has 2 aromatic heterocycles. The maximum absolute atomic E-state index is 5.45. The van der Waals surface area contributed by atoms with Crippen molar-refractivity contribution in [1.82, 2.24) is 9.97 Å². The first-order valence-corrected chi connectivity index (χ1v) is 18.7. The van der Waals surface area contributed by atoms with Crippen molar-refractivity contribution in [3.8, 4) is 44.8 Å². The molecule has 242 valence electrons. The normalized spacial score (nSPS) is 13.9. The molecule has 0 saturated heterocycles. The van der Waals surface area contributed by atoms with Gasteiger partial charge in [0.05, 0.1) is 5.69 Å². The number of hydrogen-bond acceptors (Lipinski definition) is 3. The Balaban J connectivity index is 1.24. The van der Waals surface area contributed by atoms with Crippen molar-refractivity contribution < 1.29 is 0 Å². The molecular weight excluding hydrogens is 637 g/mol. The first-order valence-electron chi connectivity index (χ1n) is 17.9. The number of thiophene rings is 1. The van der Waals surface area contributed by atoms with Gasteiger partial charge in [-0.15, -0.1) is 11.3 Å². The van der Waals surface area contributed by atoms with E-state index in [1.165, 1.54) is 65.4 Å². The molecule has 2 aliphatic carbocycles. The van der Waals surface area contributed by atoms with E-state index in [9.17, 15) is 0 Å².